The highest BCUT2D eigenvalue weighted by Crippen LogP contribution is 2.26. The van der Waals surface area contributed by atoms with Gasteiger partial charge in [-0.3, -0.25) is 4.90 Å². The molecule has 0 spiro atoms. The van der Waals surface area contributed by atoms with E-state index in [2.05, 4.69) is 62.2 Å². The molecule has 1 atom stereocenters. The second kappa shape index (κ2) is 7.95. The predicted octanol–water partition coefficient (Wildman–Crippen LogP) is 4.02. The standard InChI is InChI=1S/C19H32N2/c1-5-17-6-8-19(9-7-17)16(4)21(15(2)3)14-18-10-12-20-13-11-18/h6-9,15-16,18,20H,5,10-14H2,1-4H3. The maximum absolute atomic E-state index is 3.47. The Hall–Kier alpha value is -0.860. The molecule has 118 valence electrons. The predicted molar refractivity (Wildman–Crippen MR) is 91.7 cm³/mol. The highest BCUT2D eigenvalue weighted by atomic mass is 15.2. The maximum atomic E-state index is 3.47. The number of benzene rings is 1. The number of aryl methyl sites for hydroxylation is 1. The fourth-order valence-electron chi connectivity index (χ4n) is 3.40. The van der Waals surface area contributed by atoms with E-state index < -0.39 is 0 Å². The first-order chi connectivity index (χ1) is 10.1. The molecule has 2 rings (SSSR count). The molecule has 0 amide bonds. The second-order valence-electron chi connectivity index (χ2n) is 6.76. The summed E-state index contributed by atoms with van der Waals surface area (Å²) in [5, 5.41) is 3.47. The Bertz CT molecular complexity index is 404. The lowest BCUT2D eigenvalue weighted by Gasteiger charge is -2.37. The number of hydrogen-bond acceptors (Lipinski definition) is 2. The zero-order valence-corrected chi connectivity index (χ0v) is 14.2. The molecular formula is C19H32N2. The Balaban J connectivity index is 2.04. The van der Waals surface area contributed by atoms with Crippen molar-refractivity contribution < 1.29 is 0 Å². The van der Waals surface area contributed by atoms with Gasteiger partial charge in [0.05, 0.1) is 0 Å². The molecule has 1 aromatic rings. The molecule has 1 aliphatic heterocycles. The van der Waals surface area contributed by atoms with Gasteiger partial charge in [-0.15, -0.1) is 0 Å². The van der Waals surface area contributed by atoms with E-state index in [4.69, 9.17) is 0 Å². The number of hydrogen-bond donors (Lipinski definition) is 1. The quantitative estimate of drug-likeness (QED) is 0.850. The van der Waals surface area contributed by atoms with Gasteiger partial charge in [-0.25, -0.2) is 0 Å². The lowest BCUT2D eigenvalue weighted by Crippen LogP contribution is -2.40. The molecular weight excluding hydrogens is 256 g/mol. The zero-order chi connectivity index (χ0) is 15.2. The van der Waals surface area contributed by atoms with Crippen LogP contribution in [0.1, 0.15) is 57.7 Å². The fraction of sp³-hybridized carbons (Fsp3) is 0.684. The number of piperidine rings is 1. The first-order valence-corrected chi connectivity index (χ1v) is 8.67. The van der Waals surface area contributed by atoms with Crippen molar-refractivity contribution in [3.05, 3.63) is 35.4 Å². The van der Waals surface area contributed by atoms with E-state index in [1.54, 1.807) is 0 Å². The van der Waals surface area contributed by atoms with Crippen LogP contribution in [0.25, 0.3) is 0 Å². The Morgan fingerprint density at radius 2 is 1.71 bits per heavy atom. The SMILES string of the molecule is CCc1ccc(C(C)N(CC2CCNCC2)C(C)C)cc1. The second-order valence-corrected chi connectivity index (χ2v) is 6.76. The highest BCUT2D eigenvalue weighted by Gasteiger charge is 2.23. The van der Waals surface area contributed by atoms with E-state index in [0.717, 1.165) is 12.3 Å². The molecule has 21 heavy (non-hydrogen) atoms. The third kappa shape index (κ3) is 4.55. The van der Waals surface area contributed by atoms with Crippen LogP contribution in [0.2, 0.25) is 0 Å². The van der Waals surface area contributed by atoms with Crippen molar-refractivity contribution in [1.29, 1.82) is 0 Å². The molecule has 1 unspecified atom stereocenters. The van der Waals surface area contributed by atoms with Gasteiger partial charge in [0, 0.05) is 18.6 Å². The first-order valence-electron chi connectivity index (χ1n) is 8.67. The highest BCUT2D eigenvalue weighted by molar-refractivity contribution is 5.24. The summed E-state index contributed by atoms with van der Waals surface area (Å²) in [5.41, 5.74) is 2.88. The lowest BCUT2D eigenvalue weighted by molar-refractivity contribution is 0.125. The summed E-state index contributed by atoms with van der Waals surface area (Å²) in [4.78, 5) is 2.68. The Morgan fingerprint density at radius 3 is 2.24 bits per heavy atom. The number of rotatable bonds is 6. The molecule has 0 bridgehead atoms. The average molecular weight is 288 g/mol. The maximum Gasteiger partial charge on any atom is 0.0322 e. The molecule has 1 aliphatic rings. The van der Waals surface area contributed by atoms with Gasteiger partial charge in [-0.2, -0.15) is 0 Å². The van der Waals surface area contributed by atoms with E-state index >= 15 is 0 Å². The van der Waals surface area contributed by atoms with Gasteiger partial charge < -0.3 is 5.32 Å². The minimum Gasteiger partial charge on any atom is -0.317 e. The van der Waals surface area contributed by atoms with Crippen molar-refractivity contribution in [2.75, 3.05) is 19.6 Å². The summed E-state index contributed by atoms with van der Waals surface area (Å²) in [6, 6.07) is 10.3. The smallest absolute Gasteiger partial charge is 0.0322 e. The molecule has 1 aromatic carbocycles. The third-order valence-electron chi connectivity index (χ3n) is 4.96. The zero-order valence-electron chi connectivity index (χ0n) is 14.2. The van der Waals surface area contributed by atoms with Crippen molar-refractivity contribution >= 4 is 0 Å². The summed E-state index contributed by atoms with van der Waals surface area (Å²) in [6.45, 7) is 12.9. The van der Waals surface area contributed by atoms with Gasteiger partial charge in [0.2, 0.25) is 0 Å². The van der Waals surface area contributed by atoms with Gasteiger partial charge in [0.1, 0.15) is 0 Å². The van der Waals surface area contributed by atoms with E-state index in [-0.39, 0.29) is 0 Å². The Morgan fingerprint density at radius 1 is 1.10 bits per heavy atom. The van der Waals surface area contributed by atoms with Crippen LogP contribution in [-0.2, 0) is 6.42 Å². The normalized spacial score (nSPS) is 18.4. The van der Waals surface area contributed by atoms with Crippen LogP contribution in [0, 0.1) is 5.92 Å². The van der Waals surface area contributed by atoms with Crippen molar-refractivity contribution in [2.24, 2.45) is 5.92 Å². The van der Waals surface area contributed by atoms with Gasteiger partial charge in [0.15, 0.2) is 0 Å². The van der Waals surface area contributed by atoms with Crippen LogP contribution >= 0.6 is 0 Å². The van der Waals surface area contributed by atoms with Crippen LogP contribution in [0.5, 0.6) is 0 Å². The number of nitrogens with one attached hydrogen (secondary N) is 1. The third-order valence-corrected chi connectivity index (χ3v) is 4.96. The van der Waals surface area contributed by atoms with Crippen molar-refractivity contribution in [3.8, 4) is 0 Å². The molecule has 1 N–H and O–H groups in total. The van der Waals surface area contributed by atoms with Gasteiger partial charge in [0.25, 0.3) is 0 Å². The van der Waals surface area contributed by atoms with Crippen molar-refractivity contribution in [3.63, 3.8) is 0 Å². The van der Waals surface area contributed by atoms with Gasteiger partial charge in [-0.1, -0.05) is 31.2 Å². The van der Waals surface area contributed by atoms with E-state index in [9.17, 15) is 0 Å². The topological polar surface area (TPSA) is 15.3 Å². The first kappa shape index (κ1) is 16.5. The largest absolute Gasteiger partial charge is 0.317 e. The fourth-order valence-corrected chi connectivity index (χ4v) is 3.40. The van der Waals surface area contributed by atoms with E-state index in [1.807, 2.05) is 0 Å². The molecule has 1 heterocycles. The summed E-state index contributed by atoms with van der Waals surface area (Å²) in [7, 11) is 0. The molecule has 0 aromatic heterocycles. The summed E-state index contributed by atoms with van der Waals surface area (Å²) in [5.74, 6) is 0.853. The molecule has 1 saturated heterocycles. The minimum atomic E-state index is 0.505. The van der Waals surface area contributed by atoms with Gasteiger partial charge >= 0.3 is 0 Å². The Labute approximate surface area is 130 Å². The average Bonchev–Trinajstić information content (AvgIpc) is 2.53. The number of nitrogens with zero attached hydrogens (tertiary/aromatic N) is 1. The van der Waals surface area contributed by atoms with Crippen LogP contribution in [0.3, 0.4) is 0 Å². The molecule has 2 heteroatoms. The molecule has 0 aliphatic carbocycles. The van der Waals surface area contributed by atoms with E-state index in [0.29, 0.717) is 12.1 Å². The van der Waals surface area contributed by atoms with Crippen LogP contribution in [-0.4, -0.2) is 30.6 Å². The van der Waals surface area contributed by atoms with Crippen LogP contribution < -0.4 is 5.32 Å². The monoisotopic (exact) mass is 288 g/mol. The molecule has 0 saturated carbocycles. The van der Waals surface area contributed by atoms with Crippen molar-refractivity contribution in [1.82, 2.24) is 10.2 Å². The van der Waals surface area contributed by atoms with E-state index in [1.165, 1.54) is 43.6 Å². The van der Waals surface area contributed by atoms with Crippen LogP contribution in [0.4, 0.5) is 0 Å². The summed E-state index contributed by atoms with van der Waals surface area (Å²) >= 11 is 0. The lowest BCUT2D eigenvalue weighted by atomic mass is 9.95. The minimum absolute atomic E-state index is 0.505. The molecule has 2 nitrogen and oxygen atoms in total. The van der Waals surface area contributed by atoms with Crippen LogP contribution in [0.15, 0.2) is 24.3 Å². The molecule has 1 fully saturated rings. The van der Waals surface area contributed by atoms with Crippen molar-refractivity contribution in [2.45, 2.75) is 59.0 Å². The van der Waals surface area contributed by atoms with Gasteiger partial charge in [-0.05, 0) is 70.2 Å². The summed E-state index contributed by atoms with van der Waals surface area (Å²) in [6.07, 6.45) is 3.77. The molecule has 0 radical (unpaired) electrons. The Kier molecular flexibility index (Phi) is 6.25. The summed E-state index contributed by atoms with van der Waals surface area (Å²) < 4.78 is 0.